The fraction of sp³-hybridized carbons (Fsp3) is 0.364. The van der Waals surface area contributed by atoms with Gasteiger partial charge in [0.25, 0.3) is 0 Å². The second-order valence-corrected chi connectivity index (χ2v) is 3.94. The van der Waals surface area contributed by atoms with Crippen molar-refractivity contribution in [3.63, 3.8) is 0 Å². The van der Waals surface area contributed by atoms with Gasteiger partial charge in [-0.15, -0.1) is 0 Å². The Morgan fingerprint density at radius 1 is 1.53 bits per heavy atom. The van der Waals surface area contributed by atoms with Gasteiger partial charge in [-0.25, -0.2) is 0 Å². The van der Waals surface area contributed by atoms with Crippen molar-refractivity contribution in [1.29, 1.82) is 0 Å². The summed E-state index contributed by atoms with van der Waals surface area (Å²) in [7, 11) is 0. The van der Waals surface area contributed by atoms with Gasteiger partial charge in [0.1, 0.15) is 0 Å². The normalized spacial score (nSPS) is 24.6. The largest absolute Gasteiger partial charge is 0.322 e. The lowest BCUT2D eigenvalue weighted by Gasteiger charge is -2.28. The van der Waals surface area contributed by atoms with E-state index in [0.29, 0.717) is 6.42 Å². The van der Waals surface area contributed by atoms with Crippen molar-refractivity contribution in [2.45, 2.75) is 25.7 Å². The van der Waals surface area contributed by atoms with E-state index >= 15 is 0 Å². The van der Waals surface area contributed by atoms with Crippen molar-refractivity contribution in [3.05, 3.63) is 30.1 Å². The molecule has 1 amide bonds. The summed E-state index contributed by atoms with van der Waals surface area (Å²) in [6, 6.07) is 3.85. The summed E-state index contributed by atoms with van der Waals surface area (Å²) in [6.45, 7) is 1.96. The van der Waals surface area contributed by atoms with Crippen molar-refractivity contribution >= 4 is 12.1 Å². The maximum atomic E-state index is 11.3. The van der Waals surface area contributed by atoms with Gasteiger partial charge in [0.2, 0.25) is 5.91 Å². The highest BCUT2D eigenvalue weighted by Gasteiger charge is 2.21. The molecule has 0 spiro atoms. The van der Waals surface area contributed by atoms with E-state index in [4.69, 9.17) is 0 Å². The van der Waals surface area contributed by atoms with E-state index in [9.17, 15) is 4.79 Å². The van der Waals surface area contributed by atoms with Gasteiger partial charge in [-0.1, -0.05) is 0 Å². The molecule has 1 aromatic rings. The molecule has 0 bridgehead atoms. The molecule has 90 valence electrons. The van der Waals surface area contributed by atoms with E-state index in [0.717, 1.165) is 5.56 Å². The number of carbonyl (C=O) groups excluding carboxylic acids is 1. The third kappa shape index (κ3) is 3.53. The molecule has 6 heteroatoms. The van der Waals surface area contributed by atoms with Crippen LogP contribution in [0, 0.1) is 0 Å². The molecule has 2 heterocycles. The lowest BCUT2D eigenvalue weighted by molar-refractivity contribution is -0.124. The Bertz CT molecular complexity index is 406. The first-order chi connectivity index (χ1) is 8.24. The van der Waals surface area contributed by atoms with Crippen LogP contribution < -0.4 is 16.1 Å². The SMILES string of the molecule is CC1CC(=O)NC(N/N=C/c2ccncc2)N1. The summed E-state index contributed by atoms with van der Waals surface area (Å²) in [4.78, 5) is 15.2. The molecule has 17 heavy (non-hydrogen) atoms. The number of aromatic nitrogens is 1. The minimum atomic E-state index is -0.315. The fourth-order valence-corrected chi connectivity index (χ4v) is 1.59. The van der Waals surface area contributed by atoms with Crippen LogP contribution in [0.15, 0.2) is 29.6 Å². The molecule has 0 aliphatic carbocycles. The Morgan fingerprint density at radius 3 is 3.00 bits per heavy atom. The van der Waals surface area contributed by atoms with Gasteiger partial charge < -0.3 is 5.32 Å². The molecule has 2 atom stereocenters. The fourth-order valence-electron chi connectivity index (χ4n) is 1.59. The predicted octanol–water partition coefficient (Wildman–Crippen LogP) is -0.213. The summed E-state index contributed by atoms with van der Waals surface area (Å²) < 4.78 is 0. The van der Waals surface area contributed by atoms with Gasteiger partial charge in [-0.3, -0.25) is 20.5 Å². The zero-order chi connectivity index (χ0) is 12.1. The third-order valence-electron chi connectivity index (χ3n) is 2.37. The van der Waals surface area contributed by atoms with Crippen molar-refractivity contribution < 1.29 is 4.79 Å². The molecule has 0 saturated carbocycles. The maximum Gasteiger partial charge on any atom is 0.224 e. The summed E-state index contributed by atoms with van der Waals surface area (Å²) in [5, 5.41) is 9.96. The van der Waals surface area contributed by atoms with Crippen LogP contribution in [0.5, 0.6) is 0 Å². The number of nitrogens with zero attached hydrogens (tertiary/aromatic N) is 2. The number of amides is 1. The van der Waals surface area contributed by atoms with Crippen molar-refractivity contribution in [3.8, 4) is 0 Å². The highest BCUT2D eigenvalue weighted by atomic mass is 16.2. The lowest BCUT2D eigenvalue weighted by Crippen LogP contribution is -2.60. The molecule has 0 aromatic carbocycles. The van der Waals surface area contributed by atoms with E-state index in [1.807, 2.05) is 19.1 Å². The Balaban J connectivity index is 1.86. The van der Waals surface area contributed by atoms with Crippen LogP contribution in [-0.4, -0.2) is 29.4 Å². The second kappa shape index (κ2) is 5.40. The quantitative estimate of drug-likeness (QED) is 0.498. The Hall–Kier alpha value is -1.95. The standard InChI is InChI=1S/C11H15N5O/c1-8-6-10(17)15-11(14-8)16-13-7-9-2-4-12-5-3-9/h2-5,7-8,11,14,16H,6H2,1H3,(H,15,17)/b13-7+. The zero-order valence-electron chi connectivity index (χ0n) is 9.55. The lowest BCUT2D eigenvalue weighted by atomic mass is 10.2. The number of hydrazone groups is 1. The van der Waals surface area contributed by atoms with Gasteiger partial charge in [0.05, 0.1) is 6.21 Å². The third-order valence-corrected chi connectivity index (χ3v) is 2.37. The van der Waals surface area contributed by atoms with Crippen LogP contribution in [0.3, 0.4) is 0 Å². The topological polar surface area (TPSA) is 78.4 Å². The molecule has 1 aliphatic heterocycles. The number of carbonyl (C=O) groups is 1. The minimum Gasteiger partial charge on any atom is -0.322 e. The van der Waals surface area contributed by atoms with E-state index < -0.39 is 0 Å². The molecular weight excluding hydrogens is 218 g/mol. The highest BCUT2D eigenvalue weighted by molar-refractivity contribution is 5.79. The van der Waals surface area contributed by atoms with Crippen LogP contribution in [0.2, 0.25) is 0 Å². The minimum absolute atomic E-state index is 0.0212. The summed E-state index contributed by atoms with van der Waals surface area (Å²) >= 11 is 0. The van der Waals surface area contributed by atoms with E-state index in [-0.39, 0.29) is 18.2 Å². The molecule has 1 saturated heterocycles. The van der Waals surface area contributed by atoms with Gasteiger partial charge in [0, 0.05) is 24.9 Å². The molecular formula is C11H15N5O. The molecule has 6 nitrogen and oxygen atoms in total. The van der Waals surface area contributed by atoms with Crippen LogP contribution in [0.1, 0.15) is 18.9 Å². The average molecular weight is 233 g/mol. The van der Waals surface area contributed by atoms with Gasteiger partial charge >= 0.3 is 0 Å². The molecule has 0 radical (unpaired) electrons. The Kier molecular flexibility index (Phi) is 3.66. The molecule has 1 fully saturated rings. The molecule has 2 unspecified atom stereocenters. The Labute approximate surface area is 99.5 Å². The zero-order valence-corrected chi connectivity index (χ0v) is 9.55. The first-order valence-electron chi connectivity index (χ1n) is 5.48. The number of rotatable bonds is 3. The van der Waals surface area contributed by atoms with Crippen molar-refractivity contribution in [1.82, 2.24) is 21.0 Å². The molecule has 1 aliphatic rings. The average Bonchev–Trinajstić information content (AvgIpc) is 2.29. The van der Waals surface area contributed by atoms with Gasteiger partial charge in [-0.2, -0.15) is 5.10 Å². The summed E-state index contributed by atoms with van der Waals surface area (Å²) in [6.07, 6.45) is 5.25. The molecule has 1 aromatic heterocycles. The van der Waals surface area contributed by atoms with Crippen LogP contribution in [0.4, 0.5) is 0 Å². The van der Waals surface area contributed by atoms with Crippen LogP contribution >= 0.6 is 0 Å². The summed E-state index contributed by atoms with van der Waals surface area (Å²) in [5.41, 5.74) is 3.78. The van der Waals surface area contributed by atoms with Gasteiger partial charge in [-0.05, 0) is 24.6 Å². The number of pyridine rings is 1. The first kappa shape index (κ1) is 11.5. The van der Waals surface area contributed by atoms with Gasteiger partial charge in [0.15, 0.2) is 6.29 Å². The molecule has 2 rings (SSSR count). The number of hydrogen-bond donors (Lipinski definition) is 3. The van der Waals surface area contributed by atoms with Crippen LogP contribution in [0.25, 0.3) is 0 Å². The van der Waals surface area contributed by atoms with E-state index in [1.165, 1.54) is 0 Å². The van der Waals surface area contributed by atoms with E-state index in [1.54, 1.807) is 18.6 Å². The summed E-state index contributed by atoms with van der Waals surface area (Å²) in [5.74, 6) is 0.0212. The second-order valence-electron chi connectivity index (χ2n) is 3.94. The monoisotopic (exact) mass is 233 g/mol. The maximum absolute atomic E-state index is 11.3. The first-order valence-corrected chi connectivity index (χ1v) is 5.48. The smallest absolute Gasteiger partial charge is 0.224 e. The number of nitrogens with one attached hydrogen (secondary N) is 3. The highest BCUT2D eigenvalue weighted by Crippen LogP contribution is 1.97. The Morgan fingerprint density at radius 2 is 2.29 bits per heavy atom. The van der Waals surface area contributed by atoms with Crippen LogP contribution in [-0.2, 0) is 4.79 Å². The van der Waals surface area contributed by atoms with E-state index in [2.05, 4.69) is 26.1 Å². The van der Waals surface area contributed by atoms with Crippen molar-refractivity contribution in [2.24, 2.45) is 5.10 Å². The molecule has 3 N–H and O–H groups in total. The predicted molar refractivity (Wildman–Crippen MR) is 64.1 cm³/mol. The number of hydrogen-bond acceptors (Lipinski definition) is 5. The van der Waals surface area contributed by atoms with Crippen molar-refractivity contribution in [2.75, 3.05) is 0 Å².